The molecule has 0 aromatic rings. The predicted molar refractivity (Wildman–Crippen MR) is 106 cm³/mol. The molecule has 1 saturated carbocycles. The summed E-state index contributed by atoms with van der Waals surface area (Å²) in [5, 5.41) is 19.7. The minimum absolute atomic E-state index is 0.0215. The number of carbonyl (C=O) groups excluding carboxylic acids is 1. The van der Waals surface area contributed by atoms with Crippen LogP contribution in [-0.4, -0.2) is 47.1 Å². The molecule has 1 heterocycles. The van der Waals surface area contributed by atoms with Gasteiger partial charge >= 0.3 is 5.97 Å². The first-order valence-electron chi connectivity index (χ1n) is 10.9. The number of ether oxygens (including phenoxy) is 2. The van der Waals surface area contributed by atoms with E-state index in [2.05, 4.69) is 20.8 Å². The molecular weight excluding hydrogens is 360 g/mol. The molecule has 1 aliphatic carbocycles. The highest BCUT2D eigenvalue weighted by Crippen LogP contribution is 2.40. The topological polar surface area (TPSA) is 93.1 Å². The second kappa shape index (κ2) is 10.7. The van der Waals surface area contributed by atoms with Crippen LogP contribution in [0.4, 0.5) is 0 Å². The number of ketones is 1. The van der Waals surface area contributed by atoms with Gasteiger partial charge in [-0.25, -0.2) is 0 Å². The second-order valence-corrected chi connectivity index (χ2v) is 9.30. The van der Waals surface area contributed by atoms with Crippen LogP contribution in [0.15, 0.2) is 0 Å². The fourth-order valence-electron chi connectivity index (χ4n) is 4.55. The monoisotopic (exact) mass is 398 g/mol. The number of aliphatic hydroxyl groups excluding tert-OH is 1. The molecule has 1 aliphatic heterocycles. The maximum Gasteiger partial charge on any atom is 0.303 e. The van der Waals surface area contributed by atoms with Gasteiger partial charge in [-0.15, -0.1) is 0 Å². The molecule has 2 rings (SSSR count). The first kappa shape index (κ1) is 23.3. The number of hydrogen-bond acceptors (Lipinski definition) is 5. The fraction of sp³-hybridized carbons (Fsp3) is 0.909. The van der Waals surface area contributed by atoms with Crippen LogP contribution in [0.5, 0.6) is 0 Å². The van der Waals surface area contributed by atoms with Crippen molar-refractivity contribution in [3.05, 3.63) is 0 Å². The first-order valence-corrected chi connectivity index (χ1v) is 10.9. The van der Waals surface area contributed by atoms with E-state index < -0.39 is 30.0 Å². The Morgan fingerprint density at radius 1 is 1.21 bits per heavy atom. The van der Waals surface area contributed by atoms with E-state index >= 15 is 0 Å². The molecule has 28 heavy (non-hydrogen) atoms. The highest BCUT2D eigenvalue weighted by atomic mass is 16.7. The van der Waals surface area contributed by atoms with E-state index in [9.17, 15) is 19.8 Å². The molecule has 1 saturated heterocycles. The van der Waals surface area contributed by atoms with Crippen molar-refractivity contribution in [3.8, 4) is 0 Å². The van der Waals surface area contributed by atoms with Gasteiger partial charge < -0.3 is 19.7 Å². The number of aliphatic hydroxyl groups is 1. The Hall–Kier alpha value is -0.980. The van der Waals surface area contributed by atoms with E-state index in [0.717, 1.165) is 44.9 Å². The van der Waals surface area contributed by atoms with Crippen molar-refractivity contribution in [2.24, 2.45) is 17.3 Å². The molecule has 162 valence electrons. The van der Waals surface area contributed by atoms with E-state index in [1.165, 1.54) is 0 Å². The quantitative estimate of drug-likeness (QED) is 0.548. The molecule has 2 aliphatic rings. The molecule has 0 amide bonds. The second-order valence-electron chi connectivity index (χ2n) is 9.30. The molecular formula is C22H38O6. The average Bonchev–Trinajstić information content (AvgIpc) is 2.93. The third-order valence-electron chi connectivity index (χ3n) is 6.33. The summed E-state index contributed by atoms with van der Waals surface area (Å²) < 4.78 is 11.7. The van der Waals surface area contributed by atoms with Gasteiger partial charge in [-0.1, -0.05) is 33.6 Å². The van der Waals surface area contributed by atoms with Gasteiger partial charge in [0.1, 0.15) is 5.78 Å². The number of unbranched alkanes of at least 4 members (excludes halogenated alkanes) is 1. The van der Waals surface area contributed by atoms with Crippen LogP contribution in [0.2, 0.25) is 0 Å². The Morgan fingerprint density at radius 2 is 1.96 bits per heavy atom. The molecule has 0 radical (unpaired) electrons. The Morgan fingerprint density at radius 3 is 2.57 bits per heavy atom. The number of Topliss-reactive ketones (excluding diaryl/α,β-unsaturated/α-hetero) is 1. The Labute approximate surface area is 169 Å². The van der Waals surface area contributed by atoms with Crippen molar-refractivity contribution in [2.75, 3.05) is 6.61 Å². The highest BCUT2D eigenvalue weighted by Gasteiger charge is 2.48. The number of carbonyl (C=O) groups is 2. The van der Waals surface area contributed by atoms with Crippen LogP contribution in [-0.2, 0) is 19.1 Å². The van der Waals surface area contributed by atoms with Crippen molar-refractivity contribution in [2.45, 2.75) is 103 Å². The van der Waals surface area contributed by atoms with Gasteiger partial charge in [-0.3, -0.25) is 9.59 Å². The van der Waals surface area contributed by atoms with Gasteiger partial charge in [0.05, 0.1) is 18.6 Å². The molecule has 0 aromatic carbocycles. The molecule has 0 aromatic heterocycles. The van der Waals surface area contributed by atoms with Gasteiger partial charge in [-0.05, 0) is 37.5 Å². The molecule has 2 N–H and O–H groups in total. The standard InChI is InChI=1S/C22H38O6/c1-4-5-10-22(2,3)11-9-16(23)21-15(13-19(25)26)17(24)14-18(21)28-20-8-6-7-12-27-20/h15,17-18,20-21,24H,4-14H2,1-3H3,(H,25,26)/t15-,17-,18+,20?,21-/m0/s1. The summed E-state index contributed by atoms with van der Waals surface area (Å²) in [7, 11) is 0. The van der Waals surface area contributed by atoms with E-state index in [1.54, 1.807) is 0 Å². The maximum atomic E-state index is 13.1. The lowest BCUT2D eigenvalue weighted by Gasteiger charge is -2.30. The van der Waals surface area contributed by atoms with Crippen molar-refractivity contribution >= 4 is 11.8 Å². The summed E-state index contributed by atoms with van der Waals surface area (Å²) in [4.78, 5) is 24.4. The van der Waals surface area contributed by atoms with Crippen LogP contribution >= 0.6 is 0 Å². The summed E-state index contributed by atoms with van der Waals surface area (Å²) in [5.41, 5.74) is 0.0774. The van der Waals surface area contributed by atoms with Crippen LogP contribution < -0.4 is 0 Å². The summed E-state index contributed by atoms with van der Waals surface area (Å²) in [6.07, 6.45) is 5.74. The zero-order valence-corrected chi connectivity index (χ0v) is 17.7. The Bertz CT molecular complexity index is 511. The fourth-order valence-corrected chi connectivity index (χ4v) is 4.55. The number of rotatable bonds is 11. The lowest BCUT2D eigenvalue weighted by atomic mass is 9.79. The molecule has 1 unspecified atom stereocenters. The predicted octanol–water partition coefficient (Wildman–Crippen LogP) is 3.94. The number of carboxylic acid groups (broad SMARTS) is 1. The number of carboxylic acids is 1. The molecule has 0 spiro atoms. The largest absolute Gasteiger partial charge is 0.481 e. The Kier molecular flexibility index (Phi) is 8.90. The van der Waals surface area contributed by atoms with E-state index in [4.69, 9.17) is 9.47 Å². The molecule has 6 nitrogen and oxygen atoms in total. The van der Waals surface area contributed by atoms with Crippen molar-refractivity contribution in [3.63, 3.8) is 0 Å². The van der Waals surface area contributed by atoms with Gasteiger partial charge in [-0.2, -0.15) is 0 Å². The number of aliphatic carboxylic acids is 1. The van der Waals surface area contributed by atoms with Crippen molar-refractivity contribution in [1.29, 1.82) is 0 Å². The zero-order valence-electron chi connectivity index (χ0n) is 17.7. The lowest BCUT2D eigenvalue weighted by molar-refractivity contribution is -0.196. The molecule has 5 atom stereocenters. The first-order chi connectivity index (χ1) is 13.2. The summed E-state index contributed by atoms with van der Waals surface area (Å²) >= 11 is 0. The summed E-state index contributed by atoms with van der Waals surface area (Å²) in [5.74, 6) is -2.12. The van der Waals surface area contributed by atoms with E-state index in [1.807, 2.05) is 0 Å². The summed E-state index contributed by atoms with van der Waals surface area (Å²) in [6, 6.07) is 0. The highest BCUT2D eigenvalue weighted by molar-refractivity contribution is 5.83. The molecule has 6 heteroatoms. The summed E-state index contributed by atoms with van der Waals surface area (Å²) in [6.45, 7) is 7.16. The lowest BCUT2D eigenvalue weighted by Crippen LogP contribution is -2.36. The van der Waals surface area contributed by atoms with E-state index in [0.29, 0.717) is 19.4 Å². The van der Waals surface area contributed by atoms with Crippen molar-refractivity contribution in [1.82, 2.24) is 0 Å². The van der Waals surface area contributed by atoms with Crippen LogP contribution in [0, 0.1) is 17.3 Å². The minimum Gasteiger partial charge on any atom is -0.481 e. The van der Waals surface area contributed by atoms with Crippen molar-refractivity contribution < 1.29 is 29.3 Å². The minimum atomic E-state index is -0.986. The SMILES string of the molecule is CCCCC(C)(C)CCC(=O)[C@@H]1[C@@H](CC(=O)O)[C@@H](O)C[C@H]1OC1CCCCO1. The smallest absolute Gasteiger partial charge is 0.303 e. The van der Waals surface area contributed by atoms with Crippen LogP contribution in [0.25, 0.3) is 0 Å². The normalized spacial score (nSPS) is 31.1. The van der Waals surface area contributed by atoms with Crippen LogP contribution in [0.3, 0.4) is 0 Å². The third kappa shape index (κ3) is 6.82. The van der Waals surface area contributed by atoms with Gasteiger partial charge in [0, 0.05) is 31.3 Å². The molecule has 0 bridgehead atoms. The Balaban J connectivity index is 2.05. The third-order valence-corrected chi connectivity index (χ3v) is 6.33. The van der Waals surface area contributed by atoms with Gasteiger partial charge in [0.2, 0.25) is 0 Å². The zero-order chi connectivity index (χ0) is 20.7. The molecule has 2 fully saturated rings. The van der Waals surface area contributed by atoms with E-state index in [-0.39, 0.29) is 23.9 Å². The van der Waals surface area contributed by atoms with Crippen LogP contribution in [0.1, 0.15) is 85.0 Å². The number of hydrogen-bond donors (Lipinski definition) is 2. The maximum absolute atomic E-state index is 13.1. The van der Waals surface area contributed by atoms with Gasteiger partial charge in [0.25, 0.3) is 0 Å². The average molecular weight is 399 g/mol. The van der Waals surface area contributed by atoms with Gasteiger partial charge in [0.15, 0.2) is 6.29 Å².